The minimum absolute atomic E-state index is 0.0455. The molecule has 5 nitrogen and oxygen atoms in total. The molecule has 0 amide bonds. The van der Waals surface area contributed by atoms with Crippen LogP contribution in [0.15, 0.2) is 42.5 Å². The Hall–Kier alpha value is -2.67. The van der Waals surface area contributed by atoms with Crippen molar-refractivity contribution >= 4 is 11.0 Å². The van der Waals surface area contributed by atoms with Crippen molar-refractivity contribution in [2.75, 3.05) is 26.2 Å². The Kier molecular flexibility index (Phi) is 7.04. The molecule has 0 spiro atoms. The van der Waals surface area contributed by atoms with Gasteiger partial charge in [-0.1, -0.05) is 26.0 Å². The molecule has 0 fully saturated rings. The normalized spacial score (nSPS) is 11.5. The van der Waals surface area contributed by atoms with Crippen molar-refractivity contribution in [3.63, 3.8) is 0 Å². The first-order valence-corrected chi connectivity index (χ1v) is 10.1. The van der Waals surface area contributed by atoms with E-state index in [0.29, 0.717) is 18.6 Å². The predicted octanol–water partition coefficient (Wildman–Crippen LogP) is 4.01. The van der Waals surface area contributed by atoms with Gasteiger partial charge in [-0.25, -0.2) is 8.78 Å². The number of fused-ring (bicyclic) bond motifs is 1. The lowest BCUT2D eigenvalue weighted by molar-refractivity contribution is 0.283. The molecule has 0 aliphatic heterocycles. The minimum atomic E-state index is -0.702. The molecular formula is C22H28F2N4O. The van der Waals surface area contributed by atoms with Gasteiger partial charge in [0.15, 0.2) is 11.6 Å². The Balaban J connectivity index is 1.70. The summed E-state index contributed by atoms with van der Waals surface area (Å²) < 4.78 is 36.1. The Bertz CT molecular complexity index is 1010. The van der Waals surface area contributed by atoms with Crippen molar-refractivity contribution in [3.8, 4) is 5.75 Å². The fraction of sp³-hybridized carbons (Fsp3) is 0.409. The third kappa shape index (κ3) is 4.85. The maximum Gasteiger partial charge on any atom is 0.203 e. The highest BCUT2D eigenvalue weighted by Gasteiger charge is 2.11. The van der Waals surface area contributed by atoms with E-state index in [9.17, 15) is 8.78 Å². The molecule has 29 heavy (non-hydrogen) atoms. The van der Waals surface area contributed by atoms with E-state index in [0.717, 1.165) is 43.3 Å². The molecule has 156 valence electrons. The lowest BCUT2D eigenvalue weighted by Gasteiger charge is -2.18. The van der Waals surface area contributed by atoms with Crippen LogP contribution in [0.4, 0.5) is 8.78 Å². The van der Waals surface area contributed by atoms with Gasteiger partial charge in [0.25, 0.3) is 0 Å². The van der Waals surface area contributed by atoms with Crippen LogP contribution in [-0.4, -0.2) is 40.3 Å². The van der Waals surface area contributed by atoms with E-state index in [1.807, 2.05) is 33.4 Å². The molecule has 0 saturated carbocycles. The number of rotatable bonds is 10. The Morgan fingerprint density at radius 1 is 0.966 bits per heavy atom. The highest BCUT2D eigenvalue weighted by Crippen LogP contribution is 2.18. The molecule has 0 unspecified atom stereocenters. The van der Waals surface area contributed by atoms with Gasteiger partial charge in [-0.15, -0.1) is 0 Å². The van der Waals surface area contributed by atoms with E-state index in [-0.39, 0.29) is 12.4 Å². The Morgan fingerprint density at radius 3 is 2.24 bits per heavy atom. The van der Waals surface area contributed by atoms with Gasteiger partial charge in [-0.2, -0.15) is 0 Å². The highest BCUT2D eigenvalue weighted by molar-refractivity contribution is 5.75. The van der Waals surface area contributed by atoms with E-state index in [2.05, 4.69) is 18.7 Å². The Morgan fingerprint density at radius 2 is 1.62 bits per heavy atom. The van der Waals surface area contributed by atoms with Crippen LogP contribution >= 0.6 is 0 Å². The van der Waals surface area contributed by atoms with Gasteiger partial charge >= 0.3 is 0 Å². The largest absolute Gasteiger partial charge is 0.490 e. The van der Waals surface area contributed by atoms with Crippen LogP contribution in [0.25, 0.3) is 11.0 Å². The average Bonchev–Trinajstić information content (AvgIpc) is 2.99. The lowest BCUT2D eigenvalue weighted by atomic mass is 10.3. The number of aromatic nitrogens is 2. The molecule has 0 saturated heterocycles. The lowest BCUT2D eigenvalue weighted by Crippen LogP contribution is -2.32. The molecule has 0 bridgehead atoms. The van der Waals surface area contributed by atoms with Crippen LogP contribution in [0.5, 0.6) is 5.75 Å². The van der Waals surface area contributed by atoms with Gasteiger partial charge < -0.3 is 18.8 Å². The molecule has 2 aromatic carbocycles. The summed E-state index contributed by atoms with van der Waals surface area (Å²) in [4.78, 5) is 2.34. The number of benzene rings is 2. The van der Waals surface area contributed by atoms with Crippen LogP contribution in [-0.2, 0) is 13.1 Å². The number of aryl methyl sites for hydroxylation is 1. The first kappa shape index (κ1) is 21.0. The number of halogens is 2. The quantitative estimate of drug-likeness (QED) is 0.521. The van der Waals surface area contributed by atoms with Crippen molar-refractivity contribution in [1.29, 1.82) is 5.41 Å². The topological polar surface area (TPSA) is 46.2 Å². The zero-order valence-electron chi connectivity index (χ0n) is 17.0. The SMILES string of the molecule is CCN(CC)CCn1c(=N)n(CCCOc2ccc(F)cc2F)c2ccccc21. The summed E-state index contributed by atoms with van der Waals surface area (Å²) in [5, 5.41) is 8.66. The molecule has 3 rings (SSSR count). The van der Waals surface area contributed by atoms with Gasteiger partial charge in [-0.3, -0.25) is 5.41 Å². The molecule has 0 aliphatic rings. The minimum Gasteiger partial charge on any atom is -0.490 e. The molecule has 1 aromatic heterocycles. The maximum atomic E-state index is 13.7. The zero-order valence-corrected chi connectivity index (χ0v) is 17.0. The average molecular weight is 402 g/mol. The van der Waals surface area contributed by atoms with Gasteiger partial charge in [-0.05, 0) is 43.8 Å². The van der Waals surface area contributed by atoms with E-state index in [1.54, 1.807) is 0 Å². The summed E-state index contributed by atoms with van der Waals surface area (Å²) in [7, 11) is 0. The number of imidazole rings is 1. The van der Waals surface area contributed by atoms with Gasteiger partial charge in [0, 0.05) is 25.7 Å². The van der Waals surface area contributed by atoms with Gasteiger partial charge in [0.1, 0.15) is 5.82 Å². The second-order valence-corrected chi connectivity index (χ2v) is 6.92. The fourth-order valence-corrected chi connectivity index (χ4v) is 3.53. The third-order valence-electron chi connectivity index (χ3n) is 5.19. The molecule has 0 aliphatic carbocycles. The smallest absolute Gasteiger partial charge is 0.203 e. The van der Waals surface area contributed by atoms with Crippen LogP contribution in [0, 0.1) is 17.0 Å². The van der Waals surface area contributed by atoms with E-state index >= 15 is 0 Å². The first-order chi connectivity index (χ1) is 14.0. The molecule has 1 heterocycles. The Labute approximate surface area is 169 Å². The maximum absolute atomic E-state index is 13.7. The summed E-state index contributed by atoms with van der Waals surface area (Å²) in [6.07, 6.45) is 0.609. The molecule has 3 aromatic rings. The van der Waals surface area contributed by atoms with Crippen LogP contribution in [0.1, 0.15) is 20.3 Å². The third-order valence-corrected chi connectivity index (χ3v) is 5.19. The standard InChI is InChI=1S/C22H28F2N4O/c1-3-26(4-2)13-14-28-20-9-6-5-8-19(20)27(22(28)25)12-7-15-29-21-11-10-17(23)16-18(21)24/h5-6,8-11,16,25H,3-4,7,12-15H2,1-2H3. The summed E-state index contributed by atoms with van der Waals surface area (Å²) in [5.74, 6) is -1.28. The van der Waals surface area contributed by atoms with Crippen LogP contribution < -0.4 is 10.4 Å². The first-order valence-electron chi connectivity index (χ1n) is 10.1. The van der Waals surface area contributed by atoms with E-state index < -0.39 is 11.6 Å². The molecular weight excluding hydrogens is 374 g/mol. The summed E-state index contributed by atoms with van der Waals surface area (Å²) in [6.45, 7) is 8.77. The number of para-hydroxylation sites is 2. The van der Waals surface area contributed by atoms with Gasteiger partial charge in [0.2, 0.25) is 5.62 Å². The van der Waals surface area contributed by atoms with Crippen LogP contribution in [0.2, 0.25) is 0 Å². The second kappa shape index (κ2) is 9.69. The molecule has 7 heteroatoms. The summed E-state index contributed by atoms with van der Waals surface area (Å²) in [5.41, 5.74) is 2.49. The van der Waals surface area contributed by atoms with E-state index in [4.69, 9.17) is 10.1 Å². The van der Waals surface area contributed by atoms with Crippen LogP contribution in [0.3, 0.4) is 0 Å². The van der Waals surface area contributed by atoms with Crippen molar-refractivity contribution in [1.82, 2.24) is 14.0 Å². The van der Waals surface area contributed by atoms with Crippen molar-refractivity contribution in [2.24, 2.45) is 0 Å². The van der Waals surface area contributed by atoms with Crippen molar-refractivity contribution in [3.05, 3.63) is 59.7 Å². The van der Waals surface area contributed by atoms with Crippen molar-refractivity contribution < 1.29 is 13.5 Å². The molecule has 0 radical (unpaired) electrons. The molecule has 1 N–H and O–H groups in total. The summed E-state index contributed by atoms with van der Waals surface area (Å²) >= 11 is 0. The number of nitrogens with zero attached hydrogens (tertiary/aromatic N) is 3. The number of hydrogen-bond acceptors (Lipinski definition) is 3. The zero-order chi connectivity index (χ0) is 20.8. The number of nitrogens with one attached hydrogen (secondary N) is 1. The highest BCUT2D eigenvalue weighted by atomic mass is 19.1. The van der Waals surface area contributed by atoms with E-state index in [1.165, 1.54) is 12.1 Å². The number of ether oxygens (including phenoxy) is 1. The number of hydrogen-bond donors (Lipinski definition) is 1. The fourth-order valence-electron chi connectivity index (χ4n) is 3.53. The predicted molar refractivity (Wildman–Crippen MR) is 110 cm³/mol. The second-order valence-electron chi connectivity index (χ2n) is 6.92. The number of likely N-dealkylation sites (N-methyl/N-ethyl adjacent to an activating group) is 1. The van der Waals surface area contributed by atoms with Gasteiger partial charge in [0.05, 0.1) is 17.6 Å². The van der Waals surface area contributed by atoms with Crippen molar-refractivity contribution in [2.45, 2.75) is 33.4 Å². The summed E-state index contributed by atoms with van der Waals surface area (Å²) in [6, 6.07) is 11.3. The molecule has 0 atom stereocenters. The monoisotopic (exact) mass is 402 g/mol.